The summed E-state index contributed by atoms with van der Waals surface area (Å²) in [4.78, 5) is 12.2. The molecule has 0 bridgehead atoms. The van der Waals surface area contributed by atoms with Crippen molar-refractivity contribution in [2.24, 2.45) is 0 Å². The molecule has 0 aliphatic rings. The van der Waals surface area contributed by atoms with Gasteiger partial charge < -0.3 is 14.6 Å². The lowest BCUT2D eigenvalue weighted by Crippen LogP contribution is -1.88. The van der Waals surface area contributed by atoms with Gasteiger partial charge in [-0.2, -0.15) is 4.98 Å². The van der Waals surface area contributed by atoms with Gasteiger partial charge in [-0.3, -0.25) is 0 Å². The van der Waals surface area contributed by atoms with Crippen molar-refractivity contribution in [1.29, 1.82) is 0 Å². The zero-order valence-electron chi connectivity index (χ0n) is 14.1. The number of hydrogen-bond donors (Lipinski definition) is 2. The van der Waals surface area contributed by atoms with Crippen LogP contribution in [0.1, 0.15) is 31.2 Å². The largest absolute Gasteiger partial charge is 0.396 e. The second kappa shape index (κ2) is 6.64. The first kappa shape index (κ1) is 15.8. The van der Waals surface area contributed by atoms with Crippen LogP contribution >= 0.6 is 0 Å². The number of hydrogen-bond acceptors (Lipinski definition) is 5. The highest BCUT2D eigenvalue weighted by Gasteiger charge is 2.12. The fraction of sp³-hybridized carbons (Fsp3) is 0.316. The van der Waals surface area contributed by atoms with Crippen molar-refractivity contribution in [1.82, 2.24) is 20.1 Å². The predicted molar refractivity (Wildman–Crippen MR) is 96.3 cm³/mol. The lowest BCUT2D eigenvalue weighted by molar-refractivity contribution is 0.284. The Morgan fingerprint density at radius 2 is 2.00 bits per heavy atom. The summed E-state index contributed by atoms with van der Waals surface area (Å²) in [5.41, 5.74) is 4.03. The molecule has 2 N–H and O–H groups in total. The first-order valence-electron chi connectivity index (χ1n) is 8.62. The van der Waals surface area contributed by atoms with E-state index in [1.165, 1.54) is 5.56 Å². The minimum Gasteiger partial charge on any atom is -0.396 e. The molecular weight excluding hydrogens is 316 g/mol. The number of unbranched alkanes of at least 4 members (excludes halogenated alkanes) is 1. The van der Waals surface area contributed by atoms with Gasteiger partial charge in [-0.05, 0) is 43.0 Å². The van der Waals surface area contributed by atoms with Crippen molar-refractivity contribution in [2.75, 3.05) is 6.61 Å². The number of aliphatic hydroxyl groups is 1. The Hall–Kier alpha value is -2.73. The van der Waals surface area contributed by atoms with Crippen molar-refractivity contribution in [2.45, 2.75) is 32.6 Å². The van der Waals surface area contributed by atoms with E-state index in [2.05, 4.69) is 38.3 Å². The highest BCUT2D eigenvalue weighted by atomic mass is 16.5. The molecule has 6 heteroatoms. The van der Waals surface area contributed by atoms with Crippen molar-refractivity contribution in [3.63, 3.8) is 0 Å². The van der Waals surface area contributed by atoms with Gasteiger partial charge in [0.25, 0.3) is 5.89 Å². The third-order valence-electron chi connectivity index (χ3n) is 4.42. The summed E-state index contributed by atoms with van der Waals surface area (Å²) in [6, 6.07) is 8.44. The lowest BCUT2D eigenvalue weighted by atomic mass is 10.0. The van der Waals surface area contributed by atoms with Crippen LogP contribution in [0.25, 0.3) is 33.4 Å². The molecule has 4 aromatic rings. The first-order chi connectivity index (χ1) is 12.3. The van der Waals surface area contributed by atoms with Gasteiger partial charge in [0.15, 0.2) is 5.82 Å². The number of fused-ring (bicyclic) bond motifs is 3. The topological polar surface area (TPSA) is 87.8 Å². The molecule has 0 atom stereocenters. The van der Waals surface area contributed by atoms with Crippen molar-refractivity contribution < 1.29 is 9.63 Å². The average molecular weight is 336 g/mol. The van der Waals surface area contributed by atoms with Crippen LogP contribution in [-0.2, 0) is 12.8 Å². The number of benzene rings is 1. The zero-order chi connectivity index (χ0) is 17.2. The van der Waals surface area contributed by atoms with Crippen LogP contribution in [0.5, 0.6) is 0 Å². The standard InChI is InChI=1S/C19H20N4O2/c1-2-18-22-19(25-23-18)16-10-14-13-9-12(5-3-4-8-24)6-7-15(13)21-17(14)11-20-16/h6-7,9-11,21,24H,2-5,8H2,1H3. The summed E-state index contributed by atoms with van der Waals surface area (Å²) >= 11 is 0. The minimum atomic E-state index is 0.244. The number of aryl methyl sites for hydroxylation is 2. The van der Waals surface area contributed by atoms with E-state index in [0.717, 1.165) is 47.5 Å². The maximum atomic E-state index is 8.95. The molecule has 0 aliphatic heterocycles. The van der Waals surface area contributed by atoms with Crippen LogP contribution in [0.4, 0.5) is 0 Å². The van der Waals surface area contributed by atoms with Gasteiger partial charge in [-0.15, -0.1) is 0 Å². The summed E-state index contributed by atoms with van der Waals surface area (Å²) in [5.74, 6) is 1.13. The highest BCUT2D eigenvalue weighted by Crippen LogP contribution is 2.29. The van der Waals surface area contributed by atoms with Crippen molar-refractivity contribution in [3.8, 4) is 11.6 Å². The Kier molecular flexibility index (Phi) is 4.19. The van der Waals surface area contributed by atoms with Gasteiger partial charge in [0.2, 0.25) is 0 Å². The molecule has 3 aromatic heterocycles. The minimum absolute atomic E-state index is 0.244. The number of aromatic amines is 1. The van der Waals surface area contributed by atoms with Crippen LogP contribution in [0.3, 0.4) is 0 Å². The van der Waals surface area contributed by atoms with Gasteiger partial charge in [0.05, 0.1) is 11.7 Å². The molecule has 0 radical (unpaired) electrons. The highest BCUT2D eigenvalue weighted by molar-refractivity contribution is 6.07. The summed E-state index contributed by atoms with van der Waals surface area (Å²) in [7, 11) is 0. The van der Waals surface area contributed by atoms with E-state index in [1.54, 1.807) is 0 Å². The monoisotopic (exact) mass is 336 g/mol. The van der Waals surface area contributed by atoms with Gasteiger partial charge >= 0.3 is 0 Å². The Balaban J connectivity index is 1.76. The van der Waals surface area contributed by atoms with E-state index in [9.17, 15) is 0 Å². The molecule has 0 saturated carbocycles. The normalized spacial score (nSPS) is 11.6. The van der Waals surface area contributed by atoms with Crippen molar-refractivity contribution in [3.05, 3.63) is 41.9 Å². The number of aliphatic hydroxyl groups excluding tert-OH is 1. The Morgan fingerprint density at radius 1 is 1.12 bits per heavy atom. The molecule has 6 nitrogen and oxygen atoms in total. The molecule has 128 valence electrons. The molecule has 0 fully saturated rings. The number of nitrogens with one attached hydrogen (secondary N) is 1. The molecule has 0 amide bonds. The van der Waals surface area contributed by atoms with E-state index in [1.807, 2.05) is 19.2 Å². The number of nitrogens with zero attached hydrogens (tertiary/aromatic N) is 3. The van der Waals surface area contributed by atoms with Crippen LogP contribution in [0.2, 0.25) is 0 Å². The fourth-order valence-electron chi connectivity index (χ4n) is 3.06. The first-order valence-corrected chi connectivity index (χ1v) is 8.62. The van der Waals surface area contributed by atoms with Gasteiger partial charge in [-0.25, -0.2) is 4.98 Å². The number of pyridine rings is 1. The van der Waals surface area contributed by atoms with Gasteiger partial charge in [-0.1, -0.05) is 18.1 Å². The van der Waals surface area contributed by atoms with Gasteiger partial charge in [0, 0.05) is 29.3 Å². The zero-order valence-corrected chi connectivity index (χ0v) is 14.1. The average Bonchev–Trinajstić information content (AvgIpc) is 3.25. The Bertz CT molecular complexity index is 1020. The molecule has 0 spiro atoms. The third-order valence-corrected chi connectivity index (χ3v) is 4.42. The van der Waals surface area contributed by atoms with Crippen LogP contribution in [-0.4, -0.2) is 31.8 Å². The van der Waals surface area contributed by atoms with E-state index >= 15 is 0 Å². The molecule has 3 heterocycles. The lowest BCUT2D eigenvalue weighted by Gasteiger charge is -2.01. The van der Waals surface area contributed by atoms with E-state index in [4.69, 9.17) is 9.63 Å². The summed E-state index contributed by atoms with van der Waals surface area (Å²) in [6.07, 6.45) is 5.32. The number of aromatic nitrogens is 4. The van der Waals surface area contributed by atoms with Crippen molar-refractivity contribution >= 4 is 21.8 Å². The smallest absolute Gasteiger partial charge is 0.276 e. The second-order valence-electron chi connectivity index (χ2n) is 6.17. The fourth-order valence-corrected chi connectivity index (χ4v) is 3.06. The molecule has 25 heavy (non-hydrogen) atoms. The third kappa shape index (κ3) is 3.00. The molecular formula is C19H20N4O2. The van der Waals surface area contributed by atoms with Crippen LogP contribution < -0.4 is 0 Å². The molecule has 0 aliphatic carbocycles. The SMILES string of the molecule is CCc1noc(-c2cc3c(cn2)[nH]c2ccc(CCCCO)cc23)n1. The Morgan fingerprint density at radius 3 is 2.80 bits per heavy atom. The van der Waals surface area contributed by atoms with E-state index in [0.29, 0.717) is 17.4 Å². The summed E-state index contributed by atoms with van der Waals surface area (Å²) in [6.45, 7) is 2.23. The second-order valence-corrected chi connectivity index (χ2v) is 6.17. The quantitative estimate of drug-likeness (QED) is 0.525. The molecule has 0 saturated heterocycles. The summed E-state index contributed by atoms with van der Waals surface area (Å²) < 4.78 is 5.31. The van der Waals surface area contributed by atoms with E-state index in [-0.39, 0.29) is 6.61 Å². The molecule has 1 aromatic carbocycles. The predicted octanol–water partition coefficient (Wildman–Crippen LogP) is 3.64. The van der Waals surface area contributed by atoms with Crippen LogP contribution in [0, 0.1) is 0 Å². The van der Waals surface area contributed by atoms with Crippen LogP contribution in [0.15, 0.2) is 35.0 Å². The summed E-state index contributed by atoms with van der Waals surface area (Å²) in [5, 5.41) is 15.2. The maximum absolute atomic E-state index is 8.95. The molecule has 4 rings (SSSR count). The van der Waals surface area contributed by atoms with E-state index < -0.39 is 0 Å². The van der Waals surface area contributed by atoms with Gasteiger partial charge in [0.1, 0.15) is 5.69 Å². The Labute approximate surface area is 144 Å². The maximum Gasteiger partial charge on any atom is 0.276 e. The number of rotatable bonds is 6. The molecule has 0 unspecified atom stereocenters. The number of H-pyrrole nitrogens is 1.